The number of thioether (sulfide) groups is 1. The second-order valence-corrected chi connectivity index (χ2v) is 10.2. The molecule has 10 heteroatoms. The van der Waals surface area contributed by atoms with Gasteiger partial charge in [-0.3, -0.25) is 0 Å². The molecule has 0 spiro atoms. The molecule has 2 aliphatic rings. The highest BCUT2D eigenvalue weighted by atomic mass is 32.2. The smallest absolute Gasteiger partial charge is 0.338 e. The fourth-order valence-corrected chi connectivity index (χ4v) is 6.21. The van der Waals surface area contributed by atoms with Crippen LogP contribution < -0.4 is 15.2 Å². The van der Waals surface area contributed by atoms with Crippen LogP contribution in [-0.4, -0.2) is 37.5 Å². The summed E-state index contributed by atoms with van der Waals surface area (Å²) in [6.45, 7) is 3.90. The normalized spacial score (nSPS) is 16.4. The van der Waals surface area contributed by atoms with Crippen LogP contribution in [0.4, 0.5) is 0 Å². The van der Waals surface area contributed by atoms with Gasteiger partial charge in [-0.15, -0.1) is 0 Å². The molecular formula is C30H32N4O5S. The van der Waals surface area contributed by atoms with Crippen molar-refractivity contribution in [2.45, 2.75) is 56.9 Å². The van der Waals surface area contributed by atoms with Crippen molar-refractivity contribution in [3.8, 4) is 23.6 Å². The van der Waals surface area contributed by atoms with Gasteiger partial charge in [0, 0.05) is 5.69 Å². The lowest BCUT2D eigenvalue weighted by atomic mass is 9.83. The molecule has 1 aromatic heterocycles. The number of carbonyl (C=O) groups excluding carboxylic acids is 1. The molecule has 40 heavy (non-hydrogen) atoms. The number of nitrogens with zero attached hydrogens (tertiary/aromatic N) is 3. The molecule has 2 heterocycles. The van der Waals surface area contributed by atoms with Crippen LogP contribution >= 0.6 is 11.8 Å². The highest BCUT2D eigenvalue weighted by Gasteiger charge is 2.38. The Morgan fingerprint density at radius 2 is 1.85 bits per heavy atom. The second-order valence-electron chi connectivity index (χ2n) is 9.25. The number of carbonyl (C=O) groups is 1. The van der Waals surface area contributed by atoms with Crippen LogP contribution in [0.3, 0.4) is 0 Å². The summed E-state index contributed by atoms with van der Waals surface area (Å²) in [7, 11) is 3.03. The zero-order valence-electron chi connectivity index (χ0n) is 23.1. The lowest BCUT2D eigenvalue weighted by Crippen LogP contribution is -2.27. The highest BCUT2D eigenvalue weighted by molar-refractivity contribution is 7.99. The number of methoxy groups -OCH3 is 2. The van der Waals surface area contributed by atoms with Gasteiger partial charge in [-0.25, -0.2) is 9.78 Å². The van der Waals surface area contributed by atoms with Crippen molar-refractivity contribution in [2.24, 2.45) is 5.73 Å². The minimum Gasteiger partial charge on any atom is -0.493 e. The number of benzene rings is 1. The predicted molar refractivity (Wildman–Crippen MR) is 150 cm³/mol. The first-order chi connectivity index (χ1) is 19.4. The van der Waals surface area contributed by atoms with E-state index in [0.29, 0.717) is 27.7 Å². The molecule has 0 saturated heterocycles. The van der Waals surface area contributed by atoms with Gasteiger partial charge in [-0.2, -0.15) is 10.5 Å². The van der Waals surface area contributed by atoms with E-state index in [2.05, 4.69) is 19.1 Å². The third-order valence-electron chi connectivity index (χ3n) is 7.09. The number of hydrogen-bond donors (Lipinski definition) is 1. The molecule has 1 aliphatic heterocycles. The van der Waals surface area contributed by atoms with Gasteiger partial charge >= 0.3 is 5.97 Å². The monoisotopic (exact) mass is 560 g/mol. The van der Waals surface area contributed by atoms with E-state index in [1.807, 2.05) is 0 Å². The van der Waals surface area contributed by atoms with Gasteiger partial charge in [-0.1, -0.05) is 24.8 Å². The first-order valence-electron chi connectivity index (χ1n) is 13.2. The largest absolute Gasteiger partial charge is 0.493 e. The van der Waals surface area contributed by atoms with Gasteiger partial charge in [0.15, 0.2) is 11.5 Å². The average Bonchev–Trinajstić information content (AvgIpc) is 2.98. The third-order valence-corrected chi connectivity index (χ3v) is 8.06. The van der Waals surface area contributed by atoms with E-state index >= 15 is 0 Å². The van der Waals surface area contributed by atoms with Crippen molar-refractivity contribution in [1.82, 2.24) is 4.98 Å². The van der Waals surface area contributed by atoms with Crippen LogP contribution in [0.2, 0.25) is 0 Å². The molecule has 1 atom stereocenters. The number of aromatic nitrogens is 1. The highest BCUT2D eigenvalue weighted by Crippen LogP contribution is 2.43. The summed E-state index contributed by atoms with van der Waals surface area (Å²) in [6, 6.07) is 9.63. The summed E-state index contributed by atoms with van der Waals surface area (Å²) < 4.78 is 22.2. The lowest BCUT2D eigenvalue weighted by molar-refractivity contribution is -0.139. The lowest BCUT2D eigenvalue weighted by Gasteiger charge is -2.28. The summed E-state index contributed by atoms with van der Waals surface area (Å²) in [5, 5.41) is 20.7. The first kappa shape index (κ1) is 28.8. The average molecular weight is 561 g/mol. The van der Waals surface area contributed by atoms with Crippen molar-refractivity contribution in [3.63, 3.8) is 0 Å². The maximum Gasteiger partial charge on any atom is 0.338 e. The van der Waals surface area contributed by atoms with Crippen LogP contribution in [0.5, 0.6) is 11.5 Å². The molecule has 1 aromatic carbocycles. The first-order valence-corrected chi connectivity index (χ1v) is 14.2. The van der Waals surface area contributed by atoms with E-state index in [9.17, 15) is 15.3 Å². The SMILES string of the molecule is CCOC(=O)C1=C(CSc2nc(CC)c3c(c2C#N)CCCC3)OC(N)=C(C#N)[C@H]1c1ccc(OC)c(OC)c1. The van der Waals surface area contributed by atoms with Crippen molar-refractivity contribution in [2.75, 3.05) is 26.6 Å². The van der Waals surface area contributed by atoms with Crippen molar-refractivity contribution >= 4 is 17.7 Å². The number of ether oxygens (including phenoxy) is 4. The molecule has 0 unspecified atom stereocenters. The van der Waals surface area contributed by atoms with E-state index in [1.54, 1.807) is 25.1 Å². The predicted octanol–water partition coefficient (Wildman–Crippen LogP) is 4.83. The standard InChI is InChI=1S/C30H32N4O5S/c1-5-22-19-10-8-7-9-18(19)20(14-31)29(34-22)40-16-25-27(30(35)38-6-2)26(21(15-32)28(33)39-25)17-11-12-23(36-3)24(13-17)37-4/h11-13,26H,5-10,16,33H2,1-4H3/t26-/m1/s1. The number of rotatable bonds is 9. The minimum atomic E-state index is -0.855. The number of allylic oxidation sites excluding steroid dienone is 1. The Morgan fingerprint density at radius 3 is 2.48 bits per heavy atom. The van der Waals surface area contributed by atoms with E-state index in [0.717, 1.165) is 43.4 Å². The Kier molecular flexibility index (Phi) is 9.23. The van der Waals surface area contributed by atoms with Crippen LogP contribution in [0.15, 0.2) is 46.0 Å². The summed E-state index contributed by atoms with van der Waals surface area (Å²) in [4.78, 5) is 18.3. The van der Waals surface area contributed by atoms with Gasteiger partial charge in [0.25, 0.3) is 0 Å². The summed E-state index contributed by atoms with van der Waals surface area (Å²) in [5.41, 5.74) is 10.9. The molecule has 208 valence electrons. The van der Waals surface area contributed by atoms with Gasteiger partial charge in [0.2, 0.25) is 5.88 Å². The molecule has 0 saturated carbocycles. The molecule has 2 N–H and O–H groups in total. The number of hydrogen-bond acceptors (Lipinski definition) is 10. The van der Waals surface area contributed by atoms with Crippen LogP contribution in [0, 0.1) is 22.7 Å². The molecule has 2 aromatic rings. The molecule has 0 amide bonds. The Bertz CT molecular complexity index is 1470. The molecule has 9 nitrogen and oxygen atoms in total. The van der Waals surface area contributed by atoms with E-state index in [1.165, 1.54) is 31.5 Å². The fourth-order valence-electron chi connectivity index (χ4n) is 5.24. The Labute approximate surface area is 238 Å². The van der Waals surface area contributed by atoms with Crippen LogP contribution in [0.1, 0.15) is 60.6 Å². The van der Waals surface area contributed by atoms with Crippen LogP contribution in [0.25, 0.3) is 0 Å². The number of aryl methyl sites for hydroxylation is 1. The minimum absolute atomic E-state index is 0.0851. The Morgan fingerprint density at radius 1 is 1.12 bits per heavy atom. The van der Waals surface area contributed by atoms with E-state index in [-0.39, 0.29) is 35.1 Å². The van der Waals surface area contributed by atoms with Crippen molar-refractivity contribution < 1.29 is 23.7 Å². The molecule has 0 bridgehead atoms. The van der Waals surface area contributed by atoms with Gasteiger partial charge in [0.05, 0.1) is 43.6 Å². The Hall–Kier alpha value is -4.15. The van der Waals surface area contributed by atoms with Crippen molar-refractivity contribution in [1.29, 1.82) is 10.5 Å². The second kappa shape index (κ2) is 12.8. The fraction of sp³-hybridized carbons (Fsp3) is 0.400. The number of nitrogens with two attached hydrogens (primary N) is 1. The van der Waals surface area contributed by atoms with Gasteiger partial charge < -0.3 is 24.7 Å². The number of pyridine rings is 1. The molecule has 0 radical (unpaired) electrons. The van der Waals surface area contributed by atoms with E-state index < -0.39 is 11.9 Å². The van der Waals surface area contributed by atoms with Gasteiger partial charge in [0.1, 0.15) is 28.5 Å². The molecule has 4 rings (SSSR count). The maximum absolute atomic E-state index is 13.4. The Balaban J connectivity index is 1.82. The number of nitriles is 2. The van der Waals surface area contributed by atoms with Crippen molar-refractivity contribution in [3.05, 3.63) is 68.9 Å². The quantitative estimate of drug-likeness (QED) is 0.335. The zero-order valence-corrected chi connectivity index (χ0v) is 23.9. The zero-order chi connectivity index (χ0) is 28.8. The van der Waals surface area contributed by atoms with E-state index in [4.69, 9.17) is 29.7 Å². The van der Waals surface area contributed by atoms with Crippen LogP contribution in [-0.2, 0) is 33.5 Å². The summed E-state index contributed by atoms with van der Waals surface area (Å²) >= 11 is 1.31. The molecule has 0 fully saturated rings. The number of fused-ring (bicyclic) bond motifs is 1. The maximum atomic E-state index is 13.4. The topological polar surface area (TPSA) is 140 Å². The molecule has 1 aliphatic carbocycles. The molecular weight excluding hydrogens is 528 g/mol. The summed E-state index contributed by atoms with van der Waals surface area (Å²) in [6.07, 6.45) is 4.66. The number of esters is 1. The van der Waals surface area contributed by atoms with Gasteiger partial charge in [-0.05, 0) is 67.9 Å². The summed E-state index contributed by atoms with van der Waals surface area (Å²) in [5.74, 6) is -0.232. The third kappa shape index (κ3) is 5.45.